The van der Waals surface area contributed by atoms with Gasteiger partial charge < -0.3 is 24.8 Å². The van der Waals surface area contributed by atoms with Gasteiger partial charge >= 0.3 is 8.25 Å². The Morgan fingerprint density at radius 2 is 1.90 bits per heavy atom. The van der Waals surface area contributed by atoms with E-state index in [0.717, 1.165) is 55.3 Å². The zero-order valence-corrected chi connectivity index (χ0v) is 19.5. The van der Waals surface area contributed by atoms with E-state index in [1.54, 1.807) is 0 Å². The van der Waals surface area contributed by atoms with Crippen molar-refractivity contribution in [3.63, 3.8) is 0 Å². The Morgan fingerprint density at radius 3 is 2.58 bits per heavy atom. The van der Waals surface area contributed by atoms with E-state index in [2.05, 4.69) is 51.6 Å². The lowest BCUT2D eigenvalue weighted by Gasteiger charge is -2.42. The minimum atomic E-state index is -2.82. The van der Waals surface area contributed by atoms with Gasteiger partial charge in [-0.3, -0.25) is 4.57 Å². The van der Waals surface area contributed by atoms with Gasteiger partial charge in [0.15, 0.2) is 0 Å². The Kier molecular flexibility index (Phi) is 9.85. The molecule has 0 amide bonds. The number of benzene rings is 2. The van der Waals surface area contributed by atoms with E-state index in [1.165, 1.54) is 5.56 Å². The summed E-state index contributed by atoms with van der Waals surface area (Å²) in [5.74, 6) is 0. The molecule has 1 aliphatic rings. The van der Waals surface area contributed by atoms with Crippen LogP contribution in [0.4, 0.5) is 5.69 Å². The third kappa shape index (κ3) is 7.60. The van der Waals surface area contributed by atoms with Gasteiger partial charge in [0.2, 0.25) is 0 Å². The zero-order chi connectivity index (χ0) is 21.9. The van der Waals surface area contributed by atoms with Crippen LogP contribution in [-0.2, 0) is 25.8 Å². The predicted octanol–water partition coefficient (Wildman–Crippen LogP) is 4.77. The van der Waals surface area contributed by atoms with E-state index in [9.17, 15) is 4.57 Å². The Hall–Kier alpha value is -1.40. The van der Waals surface area contributed by atoms with Gasteiger partial charge in [0.05, 0.1) is 30.5 Å². The van der Waals surface area contributed by atoms with E-state index in [0.29, 0.717) is 19.5 Å². The van der Waals surface area contributed by atoms with Crippen LogP contribution < -0.4 is 10.6 Å². The fourth-order valence-electron chi connectivity index (χ4n) is 3.81. The summed E-state index contributed by atoms with van der Waals surface area (Å²) in [5.41, 5.74) is 3.63. The zero-order valence-electron chi connectivity index (χ0n) is 17.7. The van der Waals surface area contributed by atoms with Crippen LogP contribution in [0.2, 0.25) is 5.02 Å². The van der Waals surface area contributed by atoms with Gasteiger partial charge in [-0.1, -0.05) is 54.4 Å². The average molecular weight is 467 g/mol. The first-order chi connectivity index (χ1) is 15.1. The Bertz CT molecular complexity index is 834. The molecule has 1 fully saturated rings. The van der Waals surface area contributed by atoms with Crippen molar-refractivity contribution in [1.29, 1.82) is 0 Å². The van der Waals surface area contributed by atoms with Crippen LogP contribution in [-0.4, -0.2) is 37.8 Å². The molecule has 1 heterocycles. The standard InChI is InChI=1S/C23H32ClN2O4P/c24-21-15-19(16-25-12-6-14-30-31(27)28)9-10-22(21)26-13-5-4-11-23(17-29-18-23)20-7-2-1-3-8-20/h1-3,7-10,15,25-26,31H,4-6,11-14,16-18H2,(H,27,28). The summed E-state index contributed by atoms with van der Waals surface area (Å²) in [7, 11) is -2.82. The van der Waals surface area contributed by atoms with Gasteiger partial charge in [-0.15, -0.1) is 0 Å². The van der Waals surface area contributed by atoms with Crippen molar-refractivity contribution in [2.45, 2.75) is 37.6 Å². The molecule has 8 heteroatoms. The smallest absolute Gasteiger partial charge is 0.316 e. The minimum absolute atomic E-state index is 0.190. The molecule has 0 saturated carbocycles. The van der Waals surface area contributed by atoms with Crippen LogP contribution in [0.3, 0.4) is 0 Å². The van der Waals surface area contributed by atoms with Gasteiger partial charge in [0.25, 0.3) is 0 Å². The number of hydrogen-bond acceptors (Lipinski definition) is 5. The molecule has 1 aliphatic heterocycles. The highest BCUT2D eigenvalue weighted by atomic mass is 35.5. The SMILES string of the molecule is O=[PH](O)OCCCNCc1ccc(NCCCCC2(c3ccccc3)COC2)c(Cl)c1. The van der Waals surface area contributed by atoms with E-state index < -0.39 is 8.25 Å². The second-order valence-electron chi connectivity index (χ2n) is 7.98. The number of nitrogens with one attached hydrogen (secondary N) is 2. The second kappa shape index (κ2) is 12.6. The Labute approximate surface area is 190 Å². The fraction of sp³-hybridized carbons (Fsp3) is 0.478. The van der Waals surface area contributed by atoms with Crippen molar-refractivity contribution in [2.75, 3.05) is 38.2 Å². The monoisotopic (exact) mass is 466 g/mol. The molecular weight excluding hydrogens is 435 g/mol. The maximum absolute atomic E-state index is 10.5. The second-order valence-corrected chi connectivity index (χ2v) is 9.21. The van der Waals surface area contributed by atoms with Gasteiger partial charge in [-0.2, -0.15) is 0 Å². The lowest BCUT2D eigenvalue weighted by Crippen LogP contribution is -2.46. The van der Waals surface area contributed by atoms with Gasteiger partial charge in [0, 0.05) is 18.5 Å². The maximum Gasteiger partial charge on any atom is 0.316 e. The number of ether oxygens (including phenoxy) is 1. The van der Waals surface area contributed by atoms with E-state index in [-0.39, 0.29) is 12.0 Å². The highest BCUT2D eigenvalue weighted by molar-refractivity contribution is 7.32. The molecule has 31 heavy (non-hydrogen) atoms. The summed E-state index contributed by atoms with van der Waals surface area (Å²) in [6.07, 6.45) is 4.04. The third-order valence-corrected chi connectivity index (χ3v) is 6.39. The number of halogens is 1. The molecule has 6 nitrogen and oxygen atoms in total. The van der Waals surface area contributed by atoms with E-state index >= 15 is 0 Å². The molecule has 3 rings (SSSR count). The van der Waals surface area contributed by atoms with Crippen LogP contribution in [0.1, 0.15) is 36.8 Å². The van der Waals surface area contributed by atoms with Gasteiger partial charge in [-0.25, -0.2) is 0 Å². The molecule has 1 atom stereocenters. The molecule has 0 aromatic heterocycles. The lowest BCUT2D eigenvalue weighted by atomic mass is 9.75. The topological polar surface area (TPSA) is 79.8 Å². The van der Waals surface area contributed by atoms with Crippen molar-refractivity contribution in [1.82, 2.24) is 5.32 Å². The van der Waals surface area contributed by atoms with Crippen molar-refractivity contribution >= 4 is 25.5 Å². The molecule has 0 radical (unpaired) electrons. The molecule has 0 spiro atoms. The van der Waals surface area contributed by atoms with E-state index in [1.807, 2.05) is 12.1 Å². The summed E-state index contributed by atoms with van der Waals surface area (Å²) in [6, 6.07) is 16.7. The van der Waals surface area contributed by atoms with Crippen molar-refractivity contribution in [3.8, 4) is 0 Å². The normalized spacial score (nSPS) is 15.9. The molecule has 2 aromatic rings. The molecule has 0 bridgehead atoms. The van der Waals surface area contributed by atoms with Gasteiger partial charge in [-0.05, 0) is 49.1 Å². The van der Waals surface area contributed by atoms with Crippen molar-refractivity contribution in [3.05, 3.63) is 64.7 Å². The molecular formula is C23H32ClN2O4P. The summed E-state index contributed by atoms with van der Waals surface area (Å²) in [5, 5.41) is 7.44. The molecule has 0 aliphatic carbocycles. The first-order valence-electron chi connectivity index (χ1n) is 10.8. The lowest BCUT2D eigenvalue weighted by molar-refractivity contribution is -0.0652. The molecule has 170 valence electrons. The van der Waals surface area contributed by atoms with Crippen LogP contribution in [0.5, 0.6) is 0 Å². The number of rotatable bonds is 14. The predicted molar refractivity (Wildman–Crippen MR) is 126 cm³/mol. The fourth-order valence-corrected chi connectivity index (χ4v) is 4.40. The summed E-state index contributed by atoms with van der Waals surface area (Å²) in [4.78, 5) is 8.61. The third-order valence-electron chi connectivity index (χ3n) is 5.63. The first kappa shape index (κ1) is 24.2. The Balaban J connectivity index is 1.34. The molecule has 1 unspecified atom stereocenters. The minimum Gasteiger partial charge on any atom is -0.384 e. The summed E-state index contributed by atoms with van der Waals surface area (Å²) in [6.45, 7) is 4.21. The van der Waals surface area contributed by atoms with Crippen LogP contribution in [0.15, 0.2) is 48.5 Å². The quantitative estimate of drug-likeness (QED) is 0.275. The average Bonchev–Trinajstić information content (AvgIpc) is 2.73. The summed E-state index contributed by atoms with van der Waals surface area (Å²) < 4.78 is 20.7. The van der Waals surface area contributed by atoms with Crippen LogP contribution >= 0.6 is 19.9 Å². The number of hydrogen-bond donors (Lipinski definition) is 3. The molecule has 3 N–H and O–H groups in total. The number of unbranched alkanes of at least 4 members (excludes halogenated alkanes) is 1. The largest absolute Gasteiger partial charge is 0.384 e. The van der Waals surface area contributed by atoms with E-state index in [4.69, 9.17) is 21.2 Å². The highest BCUT2D eigenvalue weighted by Crippen LogP contribution is 2.37. The van der Waals surface area contributed by atoms with Crippen LogP contribution in [0, 0.1) is 0 Å². The highest BCUT2D eigenvalue weighted by Gasteiger charge is 2.39. The summed E-state index contributed by atoms with van der Waals surface area (Å²) >= 11 is 6.44. The van der Waals surface area contributed by atoms with Crippen molar-refractivity contribution in [2.24, 2.45) is 0 Å². The number of anilines is 1. The maximum atomic E-state index is 10.5. The van der Waals surface area contributed by atoms with Crippen molar-refractivity contribution < 1.29 is 18.7 Å². The Morgan fingerprint density at radius 1 is 1.10 bits per heavy atom. The van der Waals surface area contributed by atoms with Crippen LogP contribution in [0.25, 0.3) is 0 Å². The molecule has 2 aromatic carbocycles. The first-order valence-corrected chi connectivity index (χ1v) is 12.5. The molecule has 1 saturated heterocycles. The van der Waals surface area contributed by atoms with Gasteiger partial charge in [0.1, 0.15) is 0 Å².